The molecule has 0 amide bonds. The number of aryl methyl sites for hydroxylation is 1. The van der Waals surface area contributed by atoms with Crippen LogP contribution >= 0.6 is 0 Å². The molecule has 6 heteroatoms. The topological polar surface area (TPSA) is 61.9 Å². The molecular formula is C26H24N4O2. The van der Waals surface area contributed by atoms with Gasteiger partial charge in [-0.1, -0.05) is 66.7 Å². The summed E-state index contributed by atoms with van der Waals surface area (Å²) >= 11 is 0. The SMILES string of the molecule is CCCC(c1ccccc1)n1cc(C)c2ccc(C(=O)On3nnc4ccccc43)cc21. The lowest BCUT2D eigenvalue weighted by atomic mass is 10.0. The van der Waals surface area contributed by atoms with Crippen LogP contribution in [0.3, 0.4) is 0 Å². The molecule has 5 aromatic rings. The van der Waals surface area contributed by atoms with Crippen molar-refractivity contribution in [2.45, 2.75) is 32.7 Å². The third-order valence-corrected chi connectivity index (χ3v) is 5.84. The van der Waals surface area contributed by atoms with Gasteiger partial charge in [0.2, 0.25) is 0 Å². The summed E-state index contributed by atoms with van der Waals surface area (Å²) in [6.07, 6.45) is 4.24. The Bertz CT molecular complexity index is 1400. The van der Waals surface area contributed by atoms with Crippen LogP contribution in [0.1, 0.15) is 47.3 Å². The summed E-state index contributed by atoms with van der Waals surface area (Å²) in [4.78, 5) is 19.7. The van der Waals surface area contributed by atoms with Crippen LogP contribution in [-0.2, 0) is 0 Å². The van der Waals surface area contributed by atoms with Crippen molar-refractivity contribution < 1.29 is 9.63 Å². The van der Waals surface area contributed by atoms with Crippen molar-refractivity contribution in [3.63, 3.8) is 0 Å². The standard InChI is InChI=1S/C26H24N4O2/c1-3-9-23(19-10-5-4-6-11-19)29-17-18(2)21-15-14-20(16-25(21)29)26(31)32-30-24-13-8-7-12-22(24)27-28-30/h4-8,10-17,23H,3,9H2,1-2H3. The monoisotopic (exact) mass is 424 g/mol. The van der Waals surface area contributed by atoms with E-state index in [4.69, 9.17) is 4.84 Å². The molecule has 1 unspecified atom stereocenters. The molecule has 0 saturated carbocycles. The van der Waals surface area contributed by atoms with Crippen molar-refractivity contribution in [3.05, 3.63) is 95.7 Å². The number of hydrogen-bond acceptors (Lipinski definition) is 4. The van der Waals surface area contributed by atoms with Gasteiger partial charge >= 0.3 is 5.97 Å². The number of rotatable bonds is 6. The Hall–Kier alpha value is -3.93. The van der Waals surface area contributed by atoms with Crippen LogP contribution in [0.25, 0.3) is 21.9 Å². The van der Waals surface area contributed by atoms with Gasteiger partial charge in [0.1, 0.15) is 11.0 Å². The van der Waals surface area contributed by atoms with E-state index in [0.29, 0.717) is 16.6 Å². The number of carbonyl (C=O) groups is 1. The molecule has 0 N–H and O–H groups in total. The zero-order chi connectivity index (χ0) is 22.1. The number of benzene rings is 3. The van der Waals surface area contributed by atoms with Gasteiger partial charge in [0.15, 0.2) is 0 Å². The minimum Gasteiger partial charge on any atom is -0.340 e. The fourth-order valence-corrected chi connectivity index (χ4v) is 4.27. The lowest BCUT2D eigenvalue weighted by Gasteiger charge is -2.20. The highest BCUT2D eigenvalue weighted by Gasteiger charge is 2.19. The van der Waals surface area contributed by atoms with Gasteiger partial charge < -0.3 is 9.40 Å². The number of fused-ring (bicyclic) bond motifs is 2. The van der Waals surface area contributed by atoms with Gasteiger partial charge in [0.25, 0.3) is 0 Å². The summed E-state index contributed by atoms with van der Waals surface area (Å²) in [5, 5.41) is 9.13. The molecule has 0 radical (unpaired) electrons. The van der Waals surface area contributed by atoms with E-state index in [-0.39, 0.29) is 6.04 Å². The molecule has 32 heavy (non-hydrogen) atoms. The lowest BCUT2D eigenvalue weighted by Crippen LogP contribution is -2.21. The van der Waals surface area contributed by atoms with E-state index in [1.54, 1.807) is 6.07 Å². The maximum Gasteiger partial charge on any atom is 0.365 e. The molecule has 2 heterocycles. The summed E-state index contributed by atoms with van der Waals surface area (Å²) in [5.74, 6) is -0.472. The Kier molecular flexibility index (Phi) is 5.19. The van der Waals surface area contributed by atoms with E-state index in [9.17, 15) is 4.79 Å². The number of aromatic nitrogens is 4. The van der Waals surface area contributed by atoms with E-state index in [2.05, 4.69) is 59.2 Å². The fraction of sp³-hybridized carbons (Fsp3) is 0.192. The van der Waals surface area contributed by atoms with Crippen LogP contribution in [-0.4, -0.2) is 25.7 Å². The Morgan fingerprint density at radius 2 is 1.78 bits per heavy atom. The van der Waals surface area contributed by atoms with Gasteiger partial charge in [-0.15, -0.1) is 5.10 Å². The predicted octanol–water partition coefficient (Wildman–Crippen LogP) is 5.35. The summed E-state index contributed by atoms with van der Waals surface area (Å²) in [7, 11) is 0. The summed E-state index contributed by atoms with van der Waals surface area (Å²) in [5.41, 5.74) is 5.24. The zero-order valence-electron chi connectivity index (χ0n) is 18.1. The van der Waals surface area contributed by atoms with E-state index in [1.165, 1.54) is 16.0 Å². The maximum atomic E-state index is 13.0. The predicted molar refractivity (Wildman–Crippen MR) is 125 cm³/mol. The Morgan fingerprint density at radius 1 is 1.00 bits per heavy atom. The Morgan fingerprint density at radius 3 is 2.59 bits per heavy atom. The van der Waals surface area contributed by atoms with E-state index < -0.39 is 5.97 Å². The fourth-order valence-electron chi connectivity index (χ4n) is 4.27. The molecule has 0 aliphatic heterocycles. The first-order chi connectivity index (χ1) is 15.7. The Balaban J connectivity index is 1.53. The van der Waals surface area contributed by atoms with Gasteiger partial charge in [0.05, 0.1) is 11.6 Å². The second-order valence-electron chi connectivity index (χ2n) is 8.00. The number of hydrogen-bond donors (Lipinski definition) is 0. The summed E-state index contributed by atoms with van der Waals surface area (Å²) in [6, 6.07) is 23.8. The first-order valence-corrected chi connectivity index (χ1v) is 10.8. The highest BCUT2D eigenvalue weighted by atomic mass is 16.7. The van der Waals surface area contributed by atoms with Crippen molar-refractivity contribution in [2.75, 3.05) is 0 Å². The molecule has 160 valence electrons. The first kappa shape index (κ1) is 20.0. The van der Waals surface area contributed by atoms with E-state index in [1.807, 2.05) is 42.5 Å². The molecule has 0 fully saturated rings. The molecule has 0 saturated heterocycles. The Labute approximate surface area is 186 Å². The van der Waals surface area contributed by atoms with Crippen LogP contribution in [0.5, 0.6) is 0 Å². The van der Waals surface area contributed by atoms with Crippen LogP contribution in [0, 0.1) is 6.92 Å². The van der Waals surface area contributed by atoms with Crippen molar-refractivity contribution >= 4 is 27.9 Å². The molecule has 2 aromatic heterocycles. The van der Waals surface area contributed by atoms with Gasteiger partial charge in [0, 0.05) is 17.1 Å². The maximum absolute atomic E-state index is 13.0. The molecule has 6 nitrogen and oxygen atoms in total. The molecule has 0 bridgehead atoms. The van der Waals surface area contributed by atoms with Gasteiger partial charge in [-0.2, -0.15) is 0 Å². The van der Waals surface area contributed by atoms with Gasteiger partial charge in [-0.05, 0) is 54.0 Å². The zero-order valence-corrected chi connectivity index (χ0v) is 18.1. The third kappa shape index (κ3) is 3.54. The molecule has 1 atom stereocenters. The minimum atomic E-state index is -0.472. The average Bonchev–Trinajstić information content (AvgIpc) is 3.38. The second-order valence-corrected chi connectivity index (χ2v) is 8.00. The van der Waals surface area contributed by atoms with Crippen LogP contribution in [0.2, 0.25) is 0 Å². The number of nitrogens with zero attached hydrogens (tertiary/aromatic N) is 4. The first-order valence-electron chi connectivity index (χ1n) is 10.8. The van der Waals surface area contributed by atoms with Crippen LogP contribution in [0.4, 0.5) is 0 Å². The van der Waals surface area contributed by atoms with Crippen molar-refractivity contribution in [1.29, 1.82) is 0 Å². The molecular weight excluding hydrogens is 400 g/mol. The molecule has 5 rings (SSSR count). The van der Waals surface area contributed by atoms with Gasteiger partial charge in [-0.3, -0.25) is 0 Å². The number of para-hydroxylation sites is 1. The highest BCUT2D eigenvalue weighted by molar-refractivity contribution is 5.96. The van der Waals surface area contributed by atoms with Gasteiger partial charge in [-0.25, -0.2) is 4.79 Å². The minimum absolute atomic E-state index is 0.197. The normalized spacial score (nSPS) is 12.3. The lowest BCUT2D eigenvalue weighted by molar-refractivity contribution is 0.0409. The quantitative estimate of drug-likeness (QED) is 0.345. The van der Waals surface area contributed by atoms with Crippen molar-refractivity contribution in [2.24, 2.45) is 0 Å². The molecule has 3 aromatic carbocycles. The summed E-state index contributed by atoms with van der Waals surface area (Å²) < 4.78 is 2.28. The van der Waals surface area contributed by atoms with Crippen molar-refractivity contribution in [3.8, 4) is 0 Å². The number of carbonyl (C=O) groups excluding carboxylic acids is 1. The van der Waals surface area contributed by atoms with Crippen LogP contribution < -0.4 is 4.84 Å². The molecule has 0 aliphatic carbocycles. The van der Waals surface area contributed by atoms with E-state index >= 15 is 0 Å². The average molecular weight is 425 g/mol. The largest absolute Gasteiger partial charge is 0.365 e. The molecule has 0 aliphatic rings. The molecule has 0 spiro atoms. The van der Waals surface area contributed by atoms with Crippen molar-refractivity contribution in [1.82, 2.24) is 19.7 Å². The summed E-state index contributed by atoms with van der Waals surface area (Å²) in [6.45, 7) is 4.30. The smallest absolute Gasteiger partial charge is 0.340 e. The third-order valence-electron chi connectivity index (χ3n) is 5.84. The highest BCUT2D eigenvalue weighted by Crippen LogP contribution is 2.31. The van der Waals surface area contributed by atoms with Crippen LogP contribution in [0.15, 0.2) is 79.0 Å². The van der Waals surface area contributed by atoms with E-state index in [0.717, 1.165) is 23.7 Å². The second kappa shape index (κ2) is 8.30.